The van der Waals surface area contributed by atoms with Gasteiger partial charge in [0.2, 0.25) is 0 Å². The largest absolute Gasteiger partial charge is 0.457 e. The van der Waals surface area contributed by atoms with Gasteiger partial charge in [-0.3, -0.25) is 14.5 Å². The van der Waals surface area contributed by atoms with E-state index in [9.17, 15) is 9.59 Å². The highest BCUT2D eigenvalue weighted by atomic mass is 127. The van der Waals surface area contributed by atoms with Crippen LogP contribution in [0.1, 0.15) is 11.3 Å². The van der Waals surface area contributed by atoms with Gasteiger partial charge in [-0.25, -0.2) is 0 Å². The van der Waals surface area contributed by atoms with Crippen LogP contribution in [0.3, 0.4) is 0 Å². The van der Waals surface area contributed by atoms with Gasteiger partial charge >= 0.3 is 0 Å². The predicted molar refractivity (Wildman–Crippen MR) is 125 cm³/mol. The van der Waals surface area contributed by atoms with E-state index in [4.69, 9.17) is 27.6 Å². The van der Waals surface area contributed by atoms with E-state index in [-0.39, 0.29) is 17.7 Å². The van der Waals surface area contributed by atoms with Crippen LogP contribution >= 0.6 is 57.6 Å². The quantitative estimate of drug-likeness (QED) is 0.254. The molecule has 0 bridgehead atoms. The van der Waals surface area contributed by atoms with Crippen LogP contribution in [0.4, 0.5) is 4.79 Å². The van der Waals surface area contributed by atoms with E-state index in [1.54, 1.807) is 30.3 Å². The molecule has 146 valence electrons. The molecule has 8 heteroatoms. The predicted octanol–water partition coefficient (Wildman–Crippen LogP) is 7.09. The van der Waals surface area contributed by atoms with Gasteiger partial charge in [0.05, 0.1) is 11.4 Å². The Kier molecular flexibility index (Phi) is 6.06. The Hall–Kier alpha value is -1.74. The van der Waals surface area contributed by atoms with Crippen molar-refractivity contribution in [2.75, 3.05) is 0 Å². The second-order valence-electron chi connectivity index (χ2n) is 6.21. The fourth-order valence-corrected chi connectivity index (χ4v) is 4.43. The third-order valence-corrected chi connectivity index (χ3v) is 6.46. The number of thioether (sulfide) groups is 1. The number of amides is 2. The first-order chi connectivity index (χ1) is 13.9. The molecular weight excluding hydrogens is 544 g/mol. The lowest BCUT2D eigenvalue weighted by Crippen LogP contribution is -2.27. The minimum atomic E-state index is -0.377. The van der Waals surface area contributed by atoms with Gasteiger partial charge in [0.25, 0.3) is 11.1 Å². The van der Waals surface area contributed by atoms with Crippen molar-refractivity contribution in [2.45, 2.75) is 6.54 Å². The highest BCUT2D eigenvalue weighted by Crippen LogP contribution is 2.35. The molecule has 3 aromatic rings. The highest BCUT2D eigenvalue weighted by molar-refractivity contribution is 14.1. The summed E-state index contributed by atoms with van der Waals surface area (Å²) in [6, 6.07) is 16.5. The van der Waals surface area contributed by atoms with Crippen LogP contribution in [-0.4, -0.2) is 16.0 Å². The Labute approximate surface area is 195 Å². The van der Waals surface area contributed by atoms with Gasteiger partial charge in [0.15, 0.2) is 0 Å². The van der Waals surface area contributed by atoms with Crippen molar-refractivity contribution >= 4 is 74.8 Å². The zero-order valence-electron chi connectivity index (χ0n) is 14.7. The summed E-state index contributed by atoms with van der Waals surface area (Å²) in [4.78, 5) is 26.5. The number of nitrogens with zero attached hydrogens (tertiary/aromatic N) is 1. The maximum atomic E-state index is 12.7. The van der Waals surface area contributed by atoms with Gasteiger partial charge in [0.1, 0.15) is 11.5 Å². The van der Waals surface area contributed by atoms with E-state index < -0.39 is 0 Å². The summed E-state index contributed by atoms with van der Waals surface area (Å²) in [6.07, 6.45) is 1.59. The number of imide groups is 1. The molecule has 4 rings (SSSR count). The van der Waals surface area contributed by atoms with Crippen molar-refractivity contribution in [2.24, 2.45) is 0 Å². The number of hydrogen-bond acceptors (Lipinski definition) is 4. The molecular formula is C21H12Cl2INO3S. The molecule has 1 fully saturated rings. The number of carbonyl (C=O) groups excluding carboxylic acids is 2. The van der Waals surface area contributed by atoms with Gasteiger partial charge in [0, 0.05) is 25.3 Å². The Morgan fingerprint density at radius 3 is 2.52 bits per heavy atom. The first-order valence-electron chi connectivity index (χ1n) is 8.46. The van der Waals surface area contributed by atoms with Crippen LogP contribution in [0, 0.1) is 3.57 Å². The lowest BCUT2D eigenvalue weighted by Gasteiger charge is -2.13. The first-order valence-corrected chi connectivity index (χ1v) is 11.1. The number of benzene rings is 2. The van der Waals surface area contributed by atoms with E-state index in [1.165, 1.54) is 0 Å². The topological polar surface area (TPSA) is 50.5 Å². The van der Waals surface area contributed by atoms with Gasteiger partial charge in [-0.2, -0.15) is 0 Å². The average Bonchev–Trinajstić information content (AvgIpc) is 3.25. The van der Waals surface area contributed by atoms with Crippen LogP contribution in [0.25, 0.3) is 17.4 Å². The van der Waals surface area contributed by atoms with Gasteiger partial charge in [-0.15, -0.1) is 0 Å². The molecule has 1 saturated heterocycles. The molecule has 0 aliphatic carbocycles. The van der Waals surface area contributed by atoms with Crippen LogP contribution < -0.4 is 0 Å². The minimum absolute atomic E-state index is 0.0874. The second kappa shape index (κ2) is 8.55. The van der Waals surface area contributed by atoms with Crippen LogP contribution in [0.2, 0.25) is 10.0 Å². The molecule has 2 heterocycles. The normalized spacial score (nSPS) is 15.6. The zero-order valence-corrected chi connectivity index (χ0v) is 19.2. The Morgan fingerprint density at radius 1 is 1.03 bits per heavy atom. The lowest BCUT2D eigenvalue weighted by atomic mass is 10.2. The standard InChI is InChI=1S/C21H12Cl2INO3S/c22-14-4-1-13(17(23)9-14)11-25-20(26)19(29-21(25)27)10-16-7-8-18(28-16)12-2-5-15(24)6-3-12/h1-10H,11H2/b19-10-. The van der Waals surface area contributed by atoms with Crippen molar-refractivity contribution in [3.63, 3.8) is 0 Å². The molecule has 0 atom stereocenters. The Balaban J connectivity index is 1.54. The third-order valence-electron chi connectivity index (χ3n) is 4.25. The molecule has 1 aromatic heterocycles. The Bertz CT molecular complexity index is 1140. The SMILES string of the molecule is O=C1S/C(=C\c2ccc(-c3ccc(I)cc3)o2)C(=O)N1Cc1ccc(Cl)cc1Cl. The fraction of sp³-hybridized carbons (Fsp3) is 0.0476. The average molecular weight is 556 g/mol. The molecule has 2 aromatic carbocycles. The lowest BCUT2D eigenvalue weighted by molar-refractivity contribution is -0.123. The molecule has 1 aliphatic heterocycles. The van der Waals surface area contributed by atoms with Crippen molar-refractivity contribution in [1.29, 1.82) is 0 Å². The summed E-state index contributed by atoms with van der Waals surface area (Å²) in [5.74, 6) is 0.826. The smallest absolute Gasteiger partial charge is 0.293 e. The van der Waals surface area contributed by atoms with Crippen LogP contribution in [0.15, 0.2) is 63.9 Å². The molecule has 0 unspecified atom stereocenters. The molecule has 4 nitrogen and oxygen atoms in total. The minimum Gasteiger partial charge on any atom is -0.457 e. The monoisotopic (exact) mass is 555 g/mol. The third kappa shape index (κ3) is 4.55. The number of carbonyl (C=O) groups is 2. The molecule has 0 spiro atoms. The second-order valence-corrected chi connectivity index (χ2v) is 9.29. The van der Waals surface area contributed by atoms with E-state index in [0.29, 0.717) is 32.0 Å². The van der Waals surface area contributed by atoms with E-state index >= 15 is 0 Å². The molecule has 29 heavy (non-hydrogen) atoms. The zero-order chi connectivity index (χ0) is 20.5. The highest BCUT2D eigenvalue weighted by Gasteiger charge is 2.35. The van der Waals surface area contributed by atoms with Crippen molar-refractivity contribution in [1.82, 2.24) is 4.90 Å². The summed E-state index contributed by atoms with van der Waals surface area (Å²) in [6.45, 7) is 0.0874. The summed E-state index contributed by atoms with van der Waals surface area (Å²) >= 11 is 15.2. The molecule has 0 radical (unpaired) electrons. The summed E-state index contributed by atoms with van der Waals surface area (Å²) in [7, 11) is 0. The van der Waals surface area contributed by atoms with Gasteiger partial charge in [-0.1, -0.05) is 41.4 Å². The fourth-order valence-electron chi connectivity index (χ4n) is 2.79. The summed E-state index contributed by atoms with van der Waals surface area (Å²) in [5.41, 5.74) is 1.59. The summed E-state index contributed by atoms with van der Waals surface area (Å²) < 4.78 is 6.96. The Morgan fingerprint density at radius 2 is 1.79 bits per heavy atom. The number of furan rings is 1. The molecule has 0 saturated carbocycles. The van der Waals surface area contributed by atoms with Crippen molar-refractivity contribution in [3.8, 4) is 11.3 Å². The molecule has 0 N–H and O–H groups in total. The van der Waals surface area contributed by atoms with Crippen LogP contribution in [-0.2, 0) is 11.3 Å². The van der Waals surface area contributed by atoms with Gasteiger partial charge in [-0.05, 0) is 76.3 Å². The maximum Gasteiger partial charge on any atom is 0.293 e. The number of hydrogen-bond donors (Lipinski definition) is 0. The van der Waals surface area contributed by atoms with Crippen molar-refractivity contribution in [3.05, 3.63) is 84.4 Å². The number of rotatable bonds is 4. The number of halogens is 3. The molecule has 1 aliphatic rings. The van der Waals surface area contributed by atoms with E-state index in [0.717, 1.165) is 25.8 Å². The molecule has 2 amide bonds. The first kappa shape index (κ1) is 20.5. The van der Waals surface area contributed by atoms with Crippen LogP contribution in [0.5, 0.6) is 0 Å². The van der Waals surface area contributed by atoms with E-state index in [2.05, 4.69) is 22.6 Å². The van der Waals surface area contributed by atoms with Gasteiger partial charge < -0.3 is 4.42 Å². The van der Waals surface area contributed by atoms with Crippen molar-refractivity contribution < 1.29 is 14.0 Å². The summed E-state index contributed by atoms with van der Waals surface area (Å²) in [5, 5.41) is 0.556. The maximum absolute atomic E-state index is 12.7. The van der Waals surface area contributed by atoms with E-state index in [1.807, 2.05) is 30.3 Å².